The molecule has 1 atom stereocenters. The quantitative estimate of drug-likeness (QED) is 0.844. The van der Waals surface area contributed by atoms with Gasteiger partial charge in [0.1, 0.15) is 11.5 Å². The molecule has 0 fully saturated rings. The zero-order chi connectivity index (χ0) is 13.1. The number of hydrogen-bond donors (Lipinski definition) is 0. The van der Waals surface area contributed by atoms with Crippen LogP contribution in [0.3, 0.4) is 0 Å². The van der Waals surface area contributed by atoms with Crippen molar-refractivity contribution in [3.8, 4) is 5.75 Å². The van der Waals surface area contributed by atoms with Crippen LogP contribution in [-0.4, -0.2) is 17.4 Å². The Hall–Kier alpha value is -2.16. The highest BCUT2D eigenvalue weighted by molar-refractivity contribution is 5.88. The van der Waals surface area contributed by atoms with Gasteiger partial charge in [-0.3, -0.25) is 9.78 Å². The summed E-state index contributed by atoms with van der Waals surface area (Å²) in [5.74, 6) is 1.06. The molecule has 3 nitrogen and oxygen atoms in total. The number of pyridine rings is 1. The maximum atomic E-state index is 12.5. The molecule has 0 bridgehead atoms. The van der Waals surface area contributed by atoms with Crippen LogP contribution in [0, 0.1) is 0 Å². The number of carbonyl (C=O) groups excluding carboxylic acids is 1. The predicted octanol–water partition coefficient (Wildman–Crippen LogP) is 2.76. The number of rotatable bonds is 3. The van der Waals surface area contributed by atoms with Crippen molar-refractivity contribution in [1.82, 2.24) is 4.98 Å². The standard InChI is InChI=1S/C16H15NO2/c18-15(11-12-5-8-17-9-6-12)13-7-10-19-16-4-2-1-3-14(13)16/h1-6,8-9,13H,7,10-11H2. The summed E-state index contributed by atoms with van der Waals surface area (Å²) in [7, 11) is 0. The normalized spacial score (nSPS) is 17.4. The second-order valence-electron chi connectivity index (χ2n) is 4.73. The fraction of sp³-hybridized carbons (Fsp3) is 0.250. The first kappa shape index (κ1) is 11.9. The van der Waals surface area contributed by atoms with Crippen LogP contribution >= 0.6 is 0 Å². The number of para-hydroxylation sites is 1. The van der Waals surface area contributed by atoms with E-state index in [-0.39, 0.29) is 11.7 Å². The van der Waals surface area contributed by atoms with Gasteiger partial charge in [-0.25, -0.2) is 0 Å². The number of aromatic nitrogens is 1. The largest absolute Gasteiger partial charge is 0.493 e. The maximum absolute atomic E-state index is 12.5. The summed E-state index contributed by atoms with van der Waals surface area (Å²) in [6, 6.07) is 11.6. The van der Waals surface area contributed by atoms with Gasteiger partial charge in [-0.2, -0.15) is 0 Å². The Morgan fingerprint density at radius 1 is 1.21 bits per heavy atom. The molecule has 0 radical (unpaired) electrons. The van der Waals surface area contributed by atoms with E-state index in [0.29, 0.717) is 13.0 Å². The Balaban J connectivity index is 1.82. The average Bonchev–Trinajstić information content (AvgIpc) is 2.47. The van der Waals surface area contributed by atoms with Gasteiger partial charge in [0.05, 0.1) is 6.61 Å². The van der Waals surface area contributed by atoms with Crippen molar-refractivity contribution < 1.29 is 9.53 Å². The highest BCUT2D eigenvalue weighted by atomic mass is 16.5. The molecule has 3 heteroatoms. The second kappa shape index (κ2) is 5.22. The summed E-state index contributed by atoms with van der Waals surface area (Å²) in [5, 5.41) is 0. The number of hydrogen-bond acceptors (Lipinski definition) is 3. The molecule has 1 aromatic heterocycles. The molecule has 1 aliphatic rings. The van der Waals surface area contributed by atoms with Crippen LogP contribution in [0.15, 0.2) is 48.8 Å². The number of fused-ring (bicyclic) bond motifs is 1. The fourth-order valence-corrected chi connectivity index (χ4v) is 2.50. The van der Waals surface area contributed by atoms with E-state index >= 15 is 0 Å². The Morgan fingerprint density at radius 2 is 2.00 bits per heavy atom. The van der Waals surface area contributed by atoms with Crippen molar-refractivity contribution in [3.63, 3.8) is 0 Å². The third kappa shape index (κ3) is 2.50. The van der Waals surface area contributed by atoms with Gasteiger partial charge < -0.3 is 4.74 Å². The molecular weight excluding hydrogens is 238 g/mol. The fourth-order valence-electron chi connectivity index (χ4n) is 2.50. The Bertz CT molecular complexity index is 580. The molecule has 19 heavy (non-hydrogen) atoms. The van der Waals surface area contributed by atoms with Crippen molar-refractivity contribution >= 4 is 5.78 Å². The van der Waals surface area contributed by atoms with E-state index in [1.165, 1.54) is 0 Å². The summed E-state index contributed by atoms with van der Waals surface area (Å²) in [5.41, 5.74) is 2.04. The summed E-state index contributed by atoms with van der Waals surface area (Å²) < 4.78 is 5.59. The monoisotopic (exact) mass is 253 g/mol. The van der Waals surface area contributed by atoms with Crippen LogP contribution in [0.5, 0.6) is 5.75 Å². The highest BCUT2D eigenvalue weighted by Gasteiger charge is 2.26. The van der Waals surface area contributed by atoms with E-state index in [0.717, 1.165) is 23.3 Å². The zero-order valence-corrected chi connectivity index (χ0v) is 10.6. The van der Waals surface area contributed by atoms with Gasteiger partial charge in [-0.1, -0.05) is 18.2 Å². The molecule has 1 aromatic carbocycles. The SMILES string of the molecule is O=C(Cc1ccncc1)C1CCOc2ccccc21. The lowest BCUT2D eigenvalue weighted by Gasteiger charge is -2.24. The minimum absolute atomic E-state index is 0.0434. The minimum Gasteiger partial charge on any atom is -0.493 e. The Labute approximate surface area is 112 Å². The Morgan fingerprint density at radius 3 is 2.84 bits per heavy atom. The summed E-state index contributed by atoms with van der Waals surface area (Å²) in [4.78, 5) is 16.4. The summed E-state index contributed by atoms with van der Waals surface area (Å²) in [6.45, 7) is 0.615. The van der Waals surface area contributed by atoms with Gasteiger partial charge in [-0.15, -0.1) is 0 Å². The van der Waals surface area contributed by atoms with E-state index < -0.39 is 0 Å². The second-order valence-corrected chi connectivity index (χ2v) is 4.73. The van der Waals surface area contributed by atoms with Crippen molar-refractivity contribution in [2.75, 3.05) is 6.61 Å². The number of ketones is 1. The topological polar surface area (TPSA) is 39.2 Å². The molecular formula is C16H15NO2. The first-order valence-electron chi connectivity index (χ1n) is 6.48. The lowest BCUT2D eigenvalue weighted by atomic mass is 9.87. The van der Waals surface area contributed by atoms with Crippen molar-refractivity contribution in [2.45, 2.75) is 18.8 Å². The summed E-state index contributed by atoms with van der Waals surface area (Å²) >= 11 is 0. The molecule has 0 saturated carbocycles. The predicted molar refractivity (Wildman–Crippen MR) is 72.2 cm³/mol. The van der Waals surface area contributed by atoms with Crippen molar-refractivity contribution in [2.24, 2.45) is 0 Å². The van der Waals surface area contributed by atoms with Crippen LogP contribution in [-0.2, 0) is 11.2 Å². The van der Waals surface area contributed by atoms with E-state index in [1.54, 1.807) is 12.4 Å². The third-order valence-electron chi connectivity index (χ3n) is 3.47. The number of nitrogens with zero attached hydrogens (tertiary/aromatic N) is 1. The van der Waals surface area contributed by atoms with Gasteiger partial charge in [-0.05, 0) is 30.2 Å². The molecule has 96 valence electrons. The highest BCUT2D eigenvalue weighted by Crippen LogP contribution is 2.34. The van der Waals surface area contributed by atoms with Crippen LogP contribution < -0.4 is 4.74 Å². The molecule has 2 aromatic rings. The third-order valence-corrected chi connectivity index (χ3v) is 3.47. The Kier molecular flexibility index (Phi) is 3.27. The van der Waals surface area contributed by atoms with Gasteiger partial charge in [0.15, 0.2) is 0 Å². The van der Waals surface area contributed by atoms with Crippen molar-refractivity contribution in [1.29, 1.82) is 0 Å². The van der Waals surface area contributed by atoms with Gasteiger partial charge >= 0.3 is 0 Å². The van der Waals surface area contributed by atoms with Crippen LogP contribution in [0.25, 0.3) is 0 Å². The lowest BCUT2D eigenvalue weighted by molar-refractivity contribution is -0.120. The minimum atomic E-state index is -0.0434. The molecule has 0 amide bonds. The van der Waals surface area contributed by atoms with Crippen LogP contribution in [0.4, 0.5) is 0 Å². The van der Waals surface area contributed by atoms with Crippen molar-refractivity contribution in [3.05, 3.63) is 59.9 Å². The summed E-state index contributed by atoms with van der Waals surface area (Å²) in [6.07, 6.45) is 4.67. The smallest absolute Gasteiger partial charge is 0.144 e. The van der Waals surface area contributed by atoms with E-state index in [9.17, 15) is 4.79 Å². The van der Waals surface area contributed by atoms with Gasteiger partial charge in [0.2, 0.25) is 0 Å². The first-order valence-corrected chi connectivity index (χ1v) is 6.48. The number of ether oxygens (including phenoxy) is 1. The molecule has 0 saturated heterocycles. The maximum Gasteiger partial charge on any atom is 0.144 e. The molecule has 1 aliphatic heterocycles. The molecule has 0 aliphatic carbocycles. The van der Waals surface area contributed by atoms with E-state index in [2.05, 4.69) is 4.98 Å². The molecule has 2 heterocycles. The molecule has 0 spiro atoms. The van der Waals surface area contributed by atoms with Gasteiger partial charge in [0, 0.05) is 30.3 Å². The van der Waals surface area contributed by atoms with E-state index in [4.69, 9.17) is 4.74 Å². The van der Waals surface area contributed by atoms with Gasteiger partial charge in [0.25, 0.3) is 0 Å². The first-order chi connectivity index (χ1) is 9.34. The lowest BCUT2D eigenvalue weighted by Crippen LogP contribution is -2.22. The van der Waals surface area contributed by atoms with Crippen LogP contribution in [0.2, 0.25) is 0 Å². The number of carbonyl (C=O) groups is 1. The average molecular weight is 253 g/mol. The van der Waals surface area contributed by atoms with Crippen LogP contribution in [0.1, 0.15) is 23.5 Å². The zero-order valence-electron chi connectivity index (χ0n) is 10.6. The number of benzene rings is 1. The molecule has 1 unspecified atom stereocenters. The van der Waals surface area contributed by atoms with E-state index in [1.807, 2.05) is 36.4 Å². The molecule has 3 rings (SSSR count). The number of Topliss-reactive ketones (excluding diaryl/α,β-unsaturated/α-hetero) is 1. The molecule has 0 N–H and O–H groups in total.